The van der Waals surface area contributed by atoms with Crippen molar-refractivity contribution in [2.24, 2.45) is 11.0 Å². The second-order valence-corrected chi connectivity index (χ2v) is 3.84. The minimum absolute atomic E-state index is 0.539. The van der Waals surface area contributed by atoms with Gasteiger partial charge >= 0.3 is 0 Å². The molecule has 0 aromatic heterocycles. The predicted molar refractivity (Wildman–Crippen MR) is 68.9 cm³/mol. The summed E-state index contributed by atoms with van der Waals surface area (Å²) in [5.74, 6) is 0.546. The van der Waals surface area contributed by atoms with Crippen LogP contribution in [0, 0.1) is 5.92 Å². The Balaban J connectivity index is 2.17. The van der Waals surface area contributed by atoms with E-state index in [0.717, 1.165) is 12.8 Å². The number of nitrogens with zero attached hydrogens (tertiary/aromatic N) is 1. The SMILES string of the molecule is C=CCNC(=S)N/N=C/C1CC=CCC1. The number of rotatable bonds is 4. The quantitative estimate of drug-likeness (QED) is 0.331. The lowest BCUT2D eigenvalue weighted by atomic mass is 9.96. The number of hydrogen-bond acceptors (Lipinski definition) is 2. The summed E-state index contributed by atoms with van der Waals surface area (Å²) in [6.45, 7) is 4.25. The molecule has 0 saturated carbocycles. The smallest absolute Gasteiger partial charge is 0.187 e. The number of hydrazone groups is 1. The molecule has 1 atom stereocenters. The molecule has 0 aliphatic heterocycles. The second kappa shape index (κ2) is 7.17. The lowest BCUT2D eigenvalue weighted by Crippen LogP contribution is -2.32. The van der Waals surface area contributed by atoms with E-state index in [9.17, 15) is 0 Å². The molecule has 0 aromatic rings. The van der Waals surface area contributed by atoms with Crippen LogP contribution in [0.1, 0.15) is 19.3 Å². The molecule has 4 heteroatoms. The highest BCUT2D eigenvalue weighted by Crippen LogP contribution is 2.15. The first kappa shape index (κ1) is 11.9. The summed E-state index contributed by atoms with van der Waals surface area (Å²) in [5, 5.41) is 7.58. The Morgan fingerprint density at radius 2 is 2.47 bits per heavy atom. The molecule has 1 unspecified atom stereocenters. The van der Waals surface area contributed by atoms with E-state index in [1.165, 1.54) is 6.42 Å². The fourth-order valence-electron chi connectivity index (χ4n) is 1.36. The molecule has 0 fully saturated rings. The van der Waals surface area contributed by atoms with Crippen LogP contribution < -0.4 is 10.7 Å². The highest BCUT2D eigenvalue weighted by Gasteiger charge is 2.05. The molecule has 0 saturated heterocycles. The van der Waals surface area contributed by atoms with Gasteiger partial charge < -0.3 is 5.32 Å². The van der Waals surface area contributed by atoms with Crippen molar-refractivity contribution >= 4 is 23.5 Å². The van der Waals surface area contributed by atoms with Gasteiger partial charge in [-0.3, -0.25) is 5.43 Å². The molecule has 0 amide bonds. The average molecular weight is 223 g/mol. The Morgan fingerprint density at radius 1 is 1.60 bits per heavy atom. The third-order valence-corrected chi connectivity index (χ3v) is 2.40. The van der Waals surface area contributed by atoms with Gasteiger partial charge in [0.05, 0.1) is 0 Å². The average Bonchev–Trinajstić information content (AvgIpc) is 2.28. The van der Waals surface area contributed by atoms with Crippen molar-refractivity contribution in [2.75, 3.05) is 6.54 Å². The van der Waals surface area contributed by atoms with Gasteiger partial charge in [-0.2, -0.15) is 5.10 Å². The Labute approximate surface area is 96.3 Å². The summed E-state index contributed by atoms with van der Waals surface area (Å²) in [6.07, 6.45) is 11.5. The van der Waals surface area contributed by atoms with Gasteiger partial charge in [-0.05, 0) is 37.4 Å². The number of allylic oxidation sites excluding steroid dienone is 2. The molecule has 1 aliphatic rings. The maximum Gasteiger partial charge on any atom is 0.187 e. The summed E-state index contributed by atoms with van der Waals surface area (Å²) in [7, 11) is 0. The van der Waals surface area contributed by atoms with Crippen LogP contribution in [0.25, 0.3) is 0 Å². The van der Waals surface area contributed by atoms with E-state index >= 15 is 0 Å². The monoisotopic (exact) mass is 223 g/mol. The molecule has 0 aromatic carbocycles. The van der Waals surface area contributed by atoms with Crippen LogP contribution in [0.3, 0.4) is 0 Å². The first-order chi connectivity index (χ1) is 7.33. The third-order valence-electron chi connectivity index (χ3n) is 2.17. The van der Waals surface area contributed by atoms with Crippen LogP contribution in [-0.4, -0.2) is 17.9 Å². The fraction of sp³-hybridized carbons (Fsp3) is 0.455. The van der Waals surface area contributed by atoms with E-state index < -0.39 is 0 Å². The Hall–Kier alpha value is -1.16. The molecule has 15 heavy (non-hydrogen) atoms. The summed E-state index contributed by atoms with van der Waals surface area (Å²) in [5.41, 5.74) is 2.78. The zero-order valence-corrected chi connectivity index (χ0v) is 9.59. The molecule has 82 valence electrons. The van der Waals surface area contributed by atoms with Gasteiger partial charge in [0.1, 0.15) is 0 Å². The summed E-state index contributed by atoms with van der Waals surface area (Å²) in [6, 6.07) is 0. The molecular formula is C11H17N3S. The van der Waals surface area contributed by atoms with Gasteiger partial charge in [0, 0.05) is 12.8 Å². The predicted octanol–water partition coefficient (Wildman–Crippen LogP) is 1.98. The van der Waals surface area contributed by atoms with Crippen LogP contribution in [0.5, 0.6) is 0 Å². The van der Waals surface area contributed by atoms with Crippen LogP contribution >= 0.6 is 12.2 Å². The molecule has 1 aliphatic carbocycles. The minimum atomic E-state index is 0.539. The van der Waals surface area contributed by atoms with Crippen LogP contribution in [0.2, 0.25) is 0 Å². The zero-order valence-electron chi connectivity index (χ0n) is 8.78. The maximum absolute atomic E-state index is 4.99. The number of hydrogen-bond donors (Lipinski definition) is 2. The molecule has 0 radical (unpaired) electrons. The van der Waals surface area contributed by atoms with Crippen molar-refractivity contribution in [3.8, 4) is 0 Å². The fourth-order valence-corrected chi connectivity index (χ4v) is 1.49. The van der Waals surface area contributed by atoms with Gasteiger partial charge in [0.2, 0.25) is 0 Å². The maximum atomic E-state index is 4.99. The molecule has 3 nitrogen and oxygen atoms in total. The number of nitrogens with one attached hydrogen (secondary N) is 2. The van der Waals surface area contributed by atoms with Crippen molar-refractivity contribution in [3.63, 3.8) is 0 Å². The van der Waals surface area contributed by atoms with Gasteiger partial charge in [-0.1, -0.05) is 18.2 Å². The lowest BCUT2D eigenvalue weighted by molar-refractivity contribution is 0.624. The highest BCUT2D eigenvalue weighted by molar-refractivity contribution is 7.80. The van der Waals surface area contributed by atoms with E-state index in [2.05, 4.69) is 34.6 Å². The third kappa shape index (κ3) is 5.32. The van der Waals surface area contributed by atoms with E-state index in [0.29, 0.717) is 17.6 Å². The normalized spacial score (nSPS) is 20.1. The van der Waals surface area contributed by atoms with Gasteiger partial charge in [-0.15, -0.1) is 6.58 Å². The molecule has 1 rings (SSSR count). The van der Waals surface area contributed by atoms with E-state index in [4.69, 9.17) is 12.2 Å². The molecule has 0 spiro atoms. The zero-order chi connectivity index (χ0) is 10.9. The molecule has 0 heterocycles. The lowest BCUT2D eigenvalue weighted by Gasteiger charge is -2.12. The molecule has 0 bridgehead atoms. The highest BCUT2D eigenvalue weighted by atomic mass is 32.1. The van der Waals surface area contributed by atoms with E-state index in [1.54, 1.807) is 6.08 Å². The summed E-state index contributed by atoms with van der Waals surface area (Å²) < 4.78 is 0. The largest absolute Gasteiger partial charge is 0.358 e. The van der Waals surface area contributed by atoms with Gasteiger partial charge in [0.15, 0.2) is 5.11 Å². The van der Waals surface area contributed by atoms with Gasteiger partial charge in [-0.25, -0.2) is 0 Å². The van der Waals surface area contributed by atoms with Crippen molar-refractivity contribution < 1.29 is 0 Å². The number of thiocarbonyl (C=S) groups is 1. The van der Waals surface area contributed by atoms with Crippen molar-refractivity contribution in [1.82, 2.24) is 10.7 Å². The van der Waals surface area contributed by atoms with Crippen molar-refractivity contribution in [1.29, 1.82) is 0 Å². The molecular weight excluding hydrogens is 206 g/mol. The van der Waals surface area contributed by atoms with Crippen LogP contribution in [0.4, 0.5) is 0 Å². The van der Waals surface area contributed by atoms with E-state index in [-0.39, 0.29) is 0 Å². The molecule has 2 N–H and O–H groups in total. The Bertz CT molecular complexity index is 271. The minimum Gasteiger partial charge on any atom is -0.358 e. The first-order valence-electron chi connectivity index (χ1n) is 5.16. The van der Waals surface area contributed by atoms with Crippen LogP contribution in [0.15, 0.2) is 29.9 Å². The standard InChI is InChI=1S/C11H17N3S/c1-2-8-12-11(15)14-13-9-10-6-4-3-5-7-10/h2-4,9-10H,1,5-8H2,(H2,12,14,15)/b13-9+. The van der Waals surface area contributed by atoms with Crippen molar-refractivity contribution in [3.05, 3.63) is 24.8 Å². The summed E-state index contributed by atoms with van der Waals surface area (Å²) >= 11 is 4.99. The topological polar surface area (TPSA) is 36.4 Å². The van der Waals surface area contributed by atoms with E-state index in [1.807, 2.05) is 6.21 Å². The summed E-state index contributed by atoms with van der Waals surface area (Å²) in [4.78, 5) is 0. The van der Waals surface area contributed by atoms with Crippen molar-refractivity contribution in [2.45, 2.75) is 19.3 Å². The Kier molecular flexibility index (Phi) is 5.70. The van der Waals surface area contributed by atoms with Crippen LogP contribution in [-0.2, 0) is 0 Å². The first-order valence-corrected chi connectivity index (χ1v) is 5.56. The van der Waals surface area contributed by atoms with Gasteiger partial charge in [0.25, 0.3) is 0 Å². The Morgan fingerprint density at radius 3 is 3.13 bits per heavy atom. The second-order valence-electron chi connectivity index (χ2n) is 3.43.